The predicted molar refractivity (Wildman–Crippen MR) is 38.2 cm³/mol. The quantitative estimate of drug-likeness (QED) is 0.452. The van der Waals surface area contributed by atoms with Crippen molar-refractivity contribution in [2.75, 3.05) is 13.1 Å². The molecular formula is C7H16NO. The third-order valence-electron chi connectivity index (χ3n) is 1.28. The molecule has 0 atom stereocenters. The first-order valence-electron chi connectivity index (χ1n) is 3.54. The highest BCUT2D eigenvalue weighted by atomic mass is 16.5. The Balaban J connectivity index is 2.88. The Labute approximate surface area is 57.4 Å². The Morgan fingerprint density at radius 3 is 2.56 bits per heavy atom. The molecule has 0 aliphatic rings. The summed E-state index contributed by atoms with van der Waals surface area (Å²) >= 11 is 0. The summed E-state index contributed by atoms with van der Waals surface area (Å²) in [4.78, 5) is 0. The van der Waals surface area contributed by atoms with E-state index in [2.05, 4.69) is 6.92 Å². The van der Waals surface area contributed by atoms with Gasteiger partial charge < -0.3 is 5.21 Å². The van der Waals surface area contributed by atoms with Gasteiger partial charge in [-0.2, -0.15) is 5.06 Å². The molecule has 1 radical (unpaired) electrons. The number of hydrogen-bond acceptors (Lipinski definition) is 2. The standard InChI is InChI=1S/C7H16NO/c1-3-5-6-7-8(9)4-2/h9H,1,3-7H2,2H3. The molecule has 9 heavy (non-hydrogen) atoms. The van der Waals surface area contributed by atoms with Crippen molar-refractivity contribution in [2.24, 2.45) is 0 Å². The molecule has 0 rings (SSSR count). The average molecular weight is 130 g/mol. The minimum absolute atomic E-state index is 0.719. The van der Waals surface area contributed by atoms with Crippen LogP contribution in [0.5, 0.6) is 0 Å². The molecule has 0 saturated heterocycles. The van der Waals surface area contributed by atoms with Gasteiger partial charge in [-0.25, -0.2) is 0 Å². The second kappa shape index (κ2) is 6.05. The summed E-state index contributed by atoms with van der Waals surface area (Å²) in [6, 6.07) is 0. The molecule has 0 aromatic carbocycles. The van der Waals surface area contributed by atoms with Crippen LogP contribution in [0.4, 0.5) is 0 Å². The Morgan fingerprint density at radius 1 is 1.44 bits per heavy atom. The Morgan fingerprint density at radius 2 is 2.11 bits per heavy atom. The summed E-state index contributed by atoms with van der Waals surface area (Å²) in [5.41, 5.74) is 0. The van der Waals surface area contributed by atoms with Gasteiger partial charge in [0.1, 0.15) is 0 Å². The van der Waals surface area contributed by atoms with Crippen LogP contribution in [0.2, 0.25) is 0 Å². The van der Waals surface area contributed by atoms with Crippen molar-refractivity contribution >= 4 is 0 Å². The van der Waals surface area contributed by atoms with E-state index < -0.39 is 0 Å². The summed E-state index contributed by atoms with van der Waals surface area (Å²) in [6.07, 6.45) is 3.13. The highest BCUT2D eigenvalue weighted by Gasteiger charge is 1.93. The van der Waals surface area contributed by atoms with Gasteiger partial charge in [-0.05, 0) is 6.42 Å². The second-order valence-electron chi connectivity index (χ2n) is 2.11. The lowest BCUT2D eigenvalue weighted by molar-refractivity contribution is -0.0868. The van der Waals surface area contributed by atoms with Gasteiger partial charge in [0.25, 0.3) is 0 Å². The van der Waals surface area contributed by atoms with Crippen LogP contribution in [0, 0.1) is 6.92 Å². The molecule has 55 valence electrons. The Bertz CT molecular complexity index is 56.9. The normalized spacial score (nSPS) is 10.7. The number of hydroxylamine groups is 2. The van der Waals surface area contributed by atoms with Gasteiger partial charge in [0, 0.05) is 13.1 Å². The fraction of sp³-hybridized carbons (Fsp3) is 0.857. The first kappa shape index (κ1) is 8.92. The van der Waals surface area contributed by atoms with Crippen molar-refractivity contribution in [1.82, 2.24) is 5.06 Å². The van der Waals surface area contributed by atoms with Gasteiger partial charge in [-0.15, -0.1) is 0 Å². The van der Waals surface area contributed by atoms with E-state index in [1.807, 2.05) is 6.92 Å². The fourth-order valence-corrected chi connectivity index (χ4v) is 0.629. The second-order valence-corrected chi connectivity index (χ2v) is 2.11. The summed E-state index contributed by atoms with van der Waals surface area (Å²) < 4.78 is 0. The highest BCUT2D eigenvalue weighted by molar-refractivity contribution is 4.45. The zero-order valence-electron chi connectivity index (χ0n) is 6.14. The molecule has 0 aromatic rings. The lowest BCUT2D eigenvalue weighted by Crippen LogP contribution is -2.19. The number of rotatable bonds is 5. The van der Waals surface area contributed by atoms with E-state index in [1.54, 1.807) is 0 Å². The van der Waals surface area contributed by atoms with Gasteiger partial charge >= 0.3 is 0 Å². The molecule has 0 aliphatic heterocycles. The van der Waals surface area contributed by atoms with Crippen molar-refractivity contribution in [3.8, 4) is 0 Å². The van der Waals surface area contributed by atoms with Gasteiger partial charge in [0.05, 0.1) is 0 Å². The molecule has 0 unspecified atom stereocenters. The predicted octanol–water partition coefficient (Wildman–Crippen LogP) is 1.70. The summed E-state index contributed by atoms with van der Waals surface area (Å²) in [6.45, 7) is 7.15. The summed E-state index contributed by atoms with van der Waals surface area (Å²) in [5.74, 6) is 0. The highest BCUT2D eigenvalue weighted by Crippen LogP contribution is 1.94. The monoisotopic (exact) mass is 130 g/mol. The number of hydrogen-bond donors (Lipinski definition) is 1. The molecule has 0 heterocycles. The van der Waals surface area contributed by atoms with E-state index in [-0.39, 0.29) is 0 Å². The maximum absolute atomic E-state index is 8.90. The third-order valence-corrected chi connectivity index (χ3v) is 1.28. The molecule has 0 aliphatic carbocycles. The van der Waals surface area contributed by atoms with Crippen LogP contribution in [0.15, 0.2) is 0 Å². The van der Waals surface area contributed by atoms with E-state index in [9.17, 15) is 0 Å². The lowest BCUT2D eigenvalue weighted by Gasteiger charge is -2.09. The SMILES string of the molecule is [CH2]CCCCN(O)CC. The molecule has 0 aromatic heterocycles. The van der Waals surface area contributed by atoms with E-state index in [0.717, 1.165) is 32.4 Å². The van der Waals surface area contributed by atoms with Gasteiger partial charge in [-0.1, -0.05) is 26.7 Å². The number of unbranched alkanes of at least 4 members (excludes halogenated alkanes) is 2. The molecule has 0 saturated carbocycles. The fourth-order valence-electron chi connectivity index (χ4n) is 0.629. The van der Waals surface area contributed by atoms with Crippen molar-refractivity contribution in [2.45, 2.75) is 26.2 Å². The van der Waals surface area contributed by atoms with Crippen molar-refractivity contribution in [3.63, 3.8) is 0 Å². The van der Waals surface area contributed by atoms with Crippen molar-refractivity contribution in [1.29, 1.82) is 0 Å². The van der Waals surface area contributed by atoms with Crippen LogP contribution in [-0.2, 0) is 0 Å². The van der Waals surface area contributed by atoms with E-state index >= 15 is 0 Å². The zero-order valence-corrected chi connectivity index (χ0v) is 6.14. The molecule has 0 fully saturated rings. The van der Waals surface area contributed by atoms with Crippen molar-refractivity contribution in [3.05, 3.63) is 6.92 Å². The minimum Gasteiger partial charge on any atom is -0.314 e. The van der Waals surface area contributed by atoms with Crippen LogP contribution in [0.1, 0.15) is 26.2 Å². The maximum atomic E-state index is 8.90. The zero-order chi connectivity index (χ0) is 7.11. The van der Waals surface area contributed by atoms with E-state index in [1.165, 1.54) is 5.06 Å². The van der Waals surface area contributed by atoms with E-state index in [4.69, 9.17) is 5.21 Å². The third kappa shape index (κ3) is 5.80. The van der Waals surface area contributed by atoms with Crippen LogP contribution in [0.25, 0.3) is 0 Å². The molecule has 1 N–H and O–H groups in total. The molecule has 2 heteroatoms. The number of nitrogens with zero attached hydrogens (tertiary/aromatic N) is 1. The maximum Gasteiger partial charge on any atom is 0.0238 e. The summed E-state index contributed by atoms with van der Waals surface area (Å²) in [5, 5.41) is 10.2. The lowest BCUT2D eigenvalue weighted by atomic mass is 10.2. The molecule has 2 nitrogen and oxygen atoms in total. The van der Waals surface area contributed by atoms with Crippen LogP contribution in [-0.4, -0.2) is 23.4 Å². The minimum atomic E-state index is 0.719. The largest absolute Gasteiger partial charge is 0.314 e. The molecular weight excluding hydrogens is 114 g/mol. The van der Waals surface area contributed by atoms with Gasteiger partial charge in [-0.3, -0.25) is 0 Å². The molecule has 0 bridgehead atoms. The Hall–Kier alpha value is -0.0800. The Kier molecular flexibility index (Phi) is 5.99. The van der Waals surface area contributed by atoms with Crippen LogP contribution < -0.4 is 0 Å². The first-order chi connectivity index (χ1) is 4.31. The van der Waals surface area contributed by atoms with Crippen LogP contribution in [0.3, 0.4) is 0 Å². The topological polar surface area (TPSA) is 23.5 Å². The average Bonchev–Trinajstić information content (AvgIpc) is 1.89. The molecule has 0 amide bonds. The first-order valence-corrected chi connectivity index (χ1v) is 3.54. The van der Waals surface area contributed by atoms with E-state index in [0.29, 0.717) is 0 Å². The van der Waals surface area contributed by atoms with Gasteiger partial charge in [0.15, 0.2) is 0 Å². The smallest absolute Gasteiger partial charge is 0.0238 e. The van der Waals surface area contributed by atoms with Gasteiger partial charge in [0.2, 0.25) is 0 Å². The molecule has 0 spiro atoms. The van der Waals surface area contributed by atoms with Crippen molar-refractivity contribution < 1.29 is 5.21 Å². The summed E-state index contributed by atoms with van der Waals surface area (Å²) in [7, 11) is 0. The van der Waals surface area contributed by atoms with Crippen LogP contribution >= 0.6 is 0 Å².